The van der Waals surface area contributed by atoms with Crippen LogP contribution >= 0.6 is 0 Å². The maximum absolute atomic E-state index is 15.4. The molecule has 0 amide bonds. The second-order valence-corrected chi connectivity index (χ2v) is 11.3. The molecule has 0 radical (unpaired) electrons. The topological polar surface area (TPSA) is 162 Å². The predicted octanol–water partition coefficient (Wildman–Crippen LogP) is 4.78. The number of halogens is 4. The fourth-order valence-electron chi connectivity index (χ4n) is 5.05. The zero-order valence-electron chi connectivity index (χ0n) is 25.6. The van der Waals surface area contributed by atoms with Crippen LogP contribution in [0.4, 0.5) is 17.6 Å². The minimum absolute atomic E-state index is 0.00119. The van der Waals surface area contributed by atoms with Crippen LogP contribution in [0.2, 0.25) is 0 Å². The fourth-order valence-corrected chi connectivity index (χ4v) is 5.05. The van der Waals surface area contributed by atoms with E-state index in [0.717, 1.165) is 11.6 Å². The number of aryl methyl sites for hydroxylation is 1. The first-order chi connectivity index (χ1) is 21.7. The number of guanidine groups is 1. The van der Waals surface area contributed by atoms with Crippen molar-refractivity contribution in [2.24, 2.45) is 22.2 Å². The number of ether oxygens (including phenoxy) is 1. The molecule has 0 bridgehead atoms. The molecule has 2 aromatic heterocycles. The number of aromatic nitrogens is 3. The molecule has 0 aliphatic heterocycles. The van der Waals surface area contributed by atoms with Gasteiger partial charge in [0.2, 0.25) is 0 Å². The molecule has 14 heteroatoms. The lowest BCUT2D eigenvalue weighted by molar-refractivity contribution is -0.275. The number of H-pyrrole nitrogens is 1. The van der Waals surface area contributed by atoms with Gasteiger partial charge in [-0.2, -0.15) is 4.98 Å². The van der Waals surface area contributed by atoms with Crippen molar-refractivity contribution in [3.8, 4) is 22.7 Å². The molecule has 0 aliphatic carbocycles. The van der Waals surface area contributed by atoms with Gasteiger partial charge in [-0.25, -0.2) is 14.2 Å². The lowest BCUT2D eigenvalue weighted by atomic mass is 10.0. The first kappa shape index (κ1) is 34.2. The summed E-state index contributed by atoms with van der Waals surface area (Å²) in [5.74, 6) is -2.13. The molecule has 2 aromatic carbocycles. The monoisotopic (exact) mass is 642 g/mol. The molecule has 3 atom stereocenters. The van der Waals surface area contributed by atoms with Gasteiger partial charge < -0.3 is 32.2 Å². The van der Waals surface area contributed by atoms with Gasteiger partial charge in [0.15, 0.2) is 17.5 Å². The Kier molecular flexibility index (Phi) is 10.9. The van der Waals surface area contributed by atoms with Crippen LogP contribution in [0.5, 0.6) is 5.75 Å². The van der Waals surface area contributed by atoms with E-state index in [1.807, 2.05) is 26.0 Å². The van der Waals surface area contributed by atoms with E-state index in [1.165, 1.54) is 22.9 Å². The summed E-state index contributed by atoms with van der Waals surface area (Å²) in [6, 6.07) is 11.1. The molecular formula is C32H38F4N8O2. The summed E-state index contributed by atoms with van der Waals surface area (Å²) in [5, 5.41) is 3.85. The molecule has 0 aliphatic rings. The van der Waals surface area contributed by atoms with E-state index in [2.05, 4.69) is 31.6 Å². The summed E-state index contributed by atoms with van der Waals surface area (Å²) in [6.07, 6.45) is 0.378. The summed E-state index contributed by atoms with van der Waals surface area (Å²) >= 11 is 0. The number of benzene rings is 2. The zero-order valence-corrected chi connectivity index (χ0v) is 25.6. The number of nitrogens with two attached hydrogens (primary N) is 3. The number of rotatable bonds is 14. The number of nitrogens with zero attached hydrogens (tertiary/aromatic N) is 3. The molecule has 46 heavy (non-hydrogen) atoms. The molecule has 0 saturated heterocycles. The Balaban J connectivity index is 1.57. The number of nitrogens with one attached hydrogen (secondary N) is 2. The maximum atomic E-state index is 15.4. The molecule has 0 spiro atoms. The second-order valence-electron chi connectivity index (χ2n) is 11.3. The summed E-state index contributed by atoms with van der Waals surface area (Å²) in [4.78, 5) is 24.0. The third-order valence-electron chi connectivity index (χ3n) is 7.30. The highest BCUT2D eigenvalue weighted by Crippen LogP contribution is 2.35. The predicted molar refractivity (Wildman–Crippen MR) is 171 cm³/mol. The minimum atomic E-state index is -5.08. The molecule has 10 nitrogen and oxygen atoms in total. The van der Waals surface area contributed by atoms with Crippen LogP contribution in [0, 0.1) is 5.82 Å². The Morgan fingerprint density at radius 3 is 2.52 bits per heavy atom. The molecule has 4 rings (SSSR count). The first-order valence-electron chi connectivity index (χ1n) is 14.7. The van der Waals surface area contributed by atoms with E-state index < -0.39 is 23.6 Å². The van der Waals surface area contributed by atoms with E-state index in [9.17, 15) is 18.0 Å². The molecule has 4 aromatic rings. The van der Waals surface area contributed by atoms with Crippen LogP contribution in [-0.2, 0) is 13.0 Å². The van der Waals surface area contributed by atoms with Gasteiger partial charge in [0.05, 0.1) is 17.4 Å². The average Bonchev–Trinajstić information content (AvgIpc) is 3.38. The third kappa shape index (κ3) is 9.17. The summed E-state index contributed by atoms with van der Waals surface area (Å²) in [6.45, 7) is 8.15. The van der Waals surface area contributed by atoms with Gasteiger partial charge in [0.25, 0.3) is 0 Å². The molecule has 0 fully saturated rings. The van der Waals surface area contributed by atoms with E-state index in [-0.39, 0.29) is 41.0 Å². The number of hydrogen-bond acceptors (Lipinski definition) is 6. The van der Waals surface area contributed by atoms with E-state index >= 15 is 4.39 Å². The van der Waals surface area contributed by atoms with E-state index in [1.54, 1.807) is 18.2 Å². The van der Waals surface area contributed by atoms with Gasteiger partial charge in [-0.3, -0.25) is 4.57 Å². The summed E-state index contributed by atoms with van der Waals surface area (Å²) in [7, 11) is 0. The van der Waals surface area contributed by atoms with Gasteiger partial charge >= 0.3 is 12.1 Å². The summed E-state index contributed by atoms with van der Waals surface area (Å²) < 4.78 is 60.0. The Bertz CT molecular complexity index is 1740. The first-order valence-corrected chi connectivity index (χ1v) is 14.7. The quantitative estimate of drug-likeness (QED) is 0.0572. The highest BCUT2D eigenvalue weighted by atomic mass is 19.4. The normalized spacial score (nSPS) is 13.7. The number of aliphatic imine (C=N–C) groups is 1. The maximum Gasteiger partial charge on any atom is 0.573 e. The molecule has 0 unspecified atom stereocenters. The fraction of sp³-hybridized carbons (Fsp3) is 0.344. The second kappa shape index (κ2) is 14.6. The van der Waals surface area contributed by atoms with Gasteiger partial charge in [0.1, 0.15) is 5.65 Å². The standard InChI is InChI=1S/C32H38F4N8O2/c1-4-23(41-30(38)39)12-19(3)40-16-20-8-10-24(11-9-20)44-17-22-15-26(42-29(22)43-31(44)45)25-13-21(7-5-6-18(2)37)14-27(28(25)33)46-32(34,35)36/h4,8-11,13-15,17-19,23,40H,1,5-7,12,16,37H2,2-3H3,(H4,38,39,41)(H,42,43,45)/t18-,19-,23-/m0/s1. The SMILES string of the molecule is C=C[C@@H](C[C@H](C)NCc1ccc(-n2cc3cc(-c4cc(CCC[C@H](C)N)cc(OC(F)(F)F)c4F)[nH]c3nc2=O)cc1)N=C(N)N. The van der Waals surface area contributed by atoms with Crippen molar-refractivity contribution in [3.63, 3.8) is 0 Å². The Labute approximate surface area is 263 Å². The Hall–Kier alpha value is -4.69. The summed E-state index contributed by atoms with van der Waals surface area (Å²) in [5.41, 5.74) is 18.3. The molecule has 0 saturated carbocycles. The molecule has 8 N–H and O–H groups in total. The zero-order chi connectivity index (χ0) is 33.6. The van der Waals surface area contributed by atoms with Crippen LogP contribution in [0.25, 0.3) is 28.0 Å². The molecule has 2 heterocycles. The van der Waals surface area contributed by atoms with Gasteiger partial charge in [-0.05, 0) is 81.0 Å². The van der Waals surface area contributed by atoms with Crippen LogP contribution in [0.1, 0.15) is 44.2 Å². The number of fused-ring (bicyclic) bond motifs is 1. The number of alkyl halides is 3. The average molecular weight is 643 g/mol. The van der Waals surface area contributed by atoms with Crippen molar-refractivity contribution in [1.82, 2.24) is 19.9 Å². The van der Waals surface area contributed by atoms with Gasteiger partial charge in [-0.15, -0.1) is 19.8 Å². The van der Waals surface area contributed by atoms with Crippen molar-refractivity contribution in [2.45, 2.75) is 70.6 Å². The Morgan fingerprint density at radius 2 is 1.89 bits per heavy atom. The Morgan fingerprint density at radius 1 is 1.17 bits per heavy atom. The van der Waals surface area contributed by atoms with Crippen molar-refractivity contribution in [3.05, 3.63) is 88.7 Å². The van der Waals surface area contributed by atoms with Crippen LogP contribution in [0.3, 0.4) is 0 Å². The number of hydrogen-bond donors (Lipinski definition) is 5. The van der Waals surface area contributed by atoms with Crippen molar-refractivity contribution < 1.29 is 22.3 Å². The smallest absolute Gasteiger partial charge is 0.403 e. The van der Waals surface area contributed by atoms with Crippen LogP contribution in [-0.4, -0.2) is 45.0 Å². The van der Waals surface area contributed by atoms with E-state index in [0.29, 0.717) is 48.9 Å². The highest BCUT2D eigenvalue weighted by molar-refractivity contribution is 5.83. The lowest BCUT2D eigenvalue weighted by Gasteiger charge is -2.17. The van der Waals surface area contributed by atoms with Crippen molar-refractivity contribution in [2.75, 3.05) is 0 Å². The van der Waals surface area contributed by atoms with Gasteiger partial charge in [-0.1, -0.05) is 18.2 Å². The molecular weight excluding hydrogens is 604 g/mol. The molecule has 246 valence electrons. The van der Waals surface area contributed by atoms with Crippen LogP contribution < -0.4 is 32.9 Å². The van der Waals surface area contributed by atoms with Crippen LogP contribution in [0.15, 0.2) is 71.1 Å². The van der Waals surface area contributed by atoms with Gasteiger partial charge in [0, 0.05) is 35.8 Å². The largest absolute Gasteiger partial charge is 0.573 e. The van der Waals surface area contributed by atoms with Crippen molar-refractivity contribution >= 4 is 17.0 Å². The highest BCUT2D eigenvalue weighted by Gasteiger charge is 2.33. The van der Waals surface area contributed by atoms with Crippen molar-refractivity contribution in [1.29, 1.82) is 0 Å². The van der Waals surface area contributed by atoms with E-state index in [4.69, 9.17) is 17.2 Å². The third-order valence-corrected chi connectivity index (χ3v) is 7.30. The number of aromatic amines is 1. The minimum Gasteiger partial charge on any atom is -0.403 e. The lowest BCUT2D eigenvalue weighted by Crippen LogP contribution is -2.31.